The predicted molar refractivity (Wildman–Crippen MR) is 37.7 cm³/mol. The molecule has 2 radical (unpaired) electrons. The third-order valence-electron chi connectivity index (χ3n) is 2.64. The molecule has 3 atom stereocenters. The van der Waals surface area contributed by atoms with Crippen molar-refractivity contribution in [3.05, 3.63) is 0 Å². The Labute approximate surface area is 65.9 Å². The lowest BCUT2D eigenvalue weighted by atomic mass is 9.82. The summed E-state index contributed by atoms with van der Waals surface area (Å²) >= 11 is 0. The van der Waals surface area contributed by atoms with Crippen LogP contribution in [0.5, 0.6) is 0 Å². The summed E-state index contributed by atoms with van der Waals surface area (Å²) in [5.41, 5.74) is 8.87. The number of nitrogens with zero attached hydrogens (tertiary/aromatic N) is 1. The van der Waals surface area contributed by atoms with E-state index in [1.54, 1.807) is 0 Å². The van der Waals surface area contributed by atoms with Gasteiger partial charge in [0.05, 0.1) is 5.92 Å². The van der Waals surface area contributed by atoms with Gasteiger partial charge in [0.15, 0.2) is 0 Å². The molecule has 0 amide bonds. The first-order valence-corrected chi connectivity index (χ1v) is 4.11. The van der Waals surface area contributed by atoms with E-state index in [0.717, 1.165) is 19.3 Å². The van der Waals surface area contributed by atoms with Gasteiger partial charge >= 0.3 is 5.97 Å². The predicted octanol–water partition coefficient (Wildman–Crippen LogP) is 0.397. The Kier molecular flexibility index (Phi) is 1.60. The molecule has 60 valence electrons. The summed E-state index contributed by atoms with van der Waals surface area (Å²) in [5, 5.41) is 0. The monoisotopic (exact) mass is 153 g/mol. The van der Waals surface area contributed by atoms with E-state index in [1.807, 2.05) is 0 Å². The Morgan fingerprint density at radius 3 is 2.91 bits per heavy atom. The normalized spacial score (nSPS) is 42.3. The molecule has 1 aliphatic heterocycles. The number of fused-ring (bicyclic) bond motifs is 2. The molecule has 0 aromatic carbocycles. The minimum atomic E-state index is -0.0500. The number of hydrogen-bond donors (Lipinski definition) is 0. The molecule has 0 aromatic heterocycles. The van der Waals surface area contributed by atoms with Crippen molar-refractivity contribution in [3.63, 3.8) is 0 Å². The minimum Gasteiger partial charge on any atom is -0.462 e. The molecule has 11 heavy (non-hydrogen) atoms. The third-order valence-corrected chi connectivity index (χ3v) is 2.64. The van der Waals surface area contributed by atoms with Crippen molar-refractivity contribution in [1.82, 2.24) is 5.73 Å². The van der Waals surface area contributed by atoms with E-state index in [4.69, 9.17) is 10.5 Å². The number of carbonyl (C=O) groups is 1. The average molecular weight is 153 g/mol. The van der Waals surface area contributed by atoms with E-state index < -0.39 is 0 Å². The molecule has 1 saturated carbocycles. The fraction of sp³-hybridized carbons (Fsp3) is 0.875. The largest absolute Gasteiger partial charge is 0.462 e. The van der Waals surface area contributed by atoms with Gasteiger partial charge in [-0.15, -0.1) is 5.73 Å². The van der Waals surface area contributed by atoms with E-state index in [9.17, 15) is 4.79 Å². The summed E-state index contributed by atoms with van der Waals surface area (Å²) in [6, 6.07) is 0. The molecular formula is C8H11NO2. The van der Waals surface area contributed by atoms with Gasteiger partial charge in [0.2, 0.25) is 0 Å². The first-order chi connectivity index (χ1) is 5.29. The quantitative estimate of drug-likeness (QED) is 0.512. The molecule has 3 heteroatoms. The molecule has 1 saturated heterocycles. The summed E-state index contributed by atoms with van der Waals surface area (Å²) in [5.74, 6) is 0.335. The van der Waals surface area contributed by atoms with Crippen LogP contribution in [0.15, 0.2) is 0 Å². The maximum absolute atomic E-state index is 11.0. The summed E-state index contributed by atoms with van der Waals surface area (Å²) in [7, 11) is 0. The lowest BCUT2D eigenvalue weighted by Crippen LogP contribution is -2.23. The molecule has 1 aliphatic carbocycles. The van der Waals surface area contributed by atoms with Crippen LogP contribution in [0.25, 0.3) is 0 Å². The van der Waals surface area contributed by atoms with E-state index in [-0.39, 0.29) is 24.5 Å². The van der Waals surface area contributed by atoms with Crippen LogP contribution in [-0.2, 0) is 9.53 Å². The molecule has 2 rings (SSSR count). The number of ether oxygens (including phenoxy) is 1. The first-order valence-electron chi connectivity index (χ1n) is 4.11. The standard InChI is InChI=1S/C8H11NO2/c9-4-5-1-6-3-7(2-5)11-8(6)10/h5-7H,1-4H2. The highest BCUT2D eigenvalue weighted by molar-refractivity contribution is 5.75. The number of esters is 1. The third kappa shape index (κ3) is 1.13. The second-order valence-corrected chi connectivity index (χ2v) is 3.51. The first kappa shape index (κ1) is 7.10. The van der Waals surface area contributed by atoms with Crippen LogP contribution < -0.4 is 5.73 Å². The van der Waals surface area contributed by atoms with Gasteiger partial charge in [-0.2, -0.15) is 0 Å². The smallest absolute Gasteiger partial charge is 0.309 e. The topological polar surface area (TPSA) is 48.6 Å². The fourth-order valence-corrected chi connectivity index (χ4v) is 2.08. The molecule has 3 unspecified atom stereocenters. The van der Waals surface area contributed by atoms with Crippen LogP contribution in [0.4, 0.5) is 0 Å². The van der Waals surface area contributed by atoms with E-state index >= 15 is 0 Å². The summed E-state index contributed by atoms with van der Waals surface area (Å²) in [6.07, 6.45) is 2.68. The Hall–Kier alpha value is -0.570. The zero-order valence-electron chi connectivity index (χ0n) is 6.32. The Morgan fingerprint density at radius 2 is 2.27 bits per heavy atom. The second-order valence-electron chi connectivity index (χ2n) is 3.51. The Bertz CT molecular complexity index is 181. The van der Waals surface area contributed by atoms with E-state index in [1.165, 1.54) is 0 Å². The highest BCUT2D eigenvalue weighted by Crippen LogP contribution is 2.37. The zero-order valence-corrected chi connectivity index (χ0v) is 6.32. The SMILES string of the molecule is [N]CC1CC2CC(C1)C(=O)O2. The van der Waals surface area contributed by atoms with Gasteiger partial charge in [0, 0.05) is 6.54 Å². The van der Waals surface area contributed by atoms with E-state index in [0.29, 0.717) is 5.92 Å². The molecule has 2 aliphatic rings. The Balaban J connectivity index is 2.06. The van der Waals surface area contributed by atoms with Gasteiger partial charge in [-0.3, -0.25) is 4.79 Å². The fourth-order valence-electron chi connectivity index (χ4n) is 2.08. The van der Waals surface area contributed by atoms with Crippen molar-refractivity contribution in [2.75, 3.05) is 6.54 Å². The summed E-state index contributed by atoms with van der Waals surface area (Å²) < 4.78 is 5.07. The van der Waals surface area contributed by atoms with Gasteiger partial charge in [0.1, 0.15) is 6.10 Å². The summed E-state index contributed by atoms with van der Waals surface area (Å²) in [4.78, 5) is 11.0. The van der Waals surface area contributed by atoms with Crippen molar-refractivity contribution >= 4 is 5.97 Å². The number of hydrogen-bond acceptors (Lipinski definition) is 2. The molecule has 0 aromatic rings. The van der Waals surface area contributed by atoms with E-state index in [2.05, 4.69) is 0 Å². The number of rotatable bonds is 1. The van der Waals surface area contributed by atoms with Crippen molar-refractivity contribution in [3.8, 4) is 0 Å². The van der Waals surface area contributed by atoms with Crippen molar-refractivity contribution in [2.45, 2.75) is 25.4 Å². The highest BCUT2D eigenvalue weighted by atomic mass is 16.6. The van der Waals surface area contributed by atoms with Crippen LogP contribution in [-0.4, -0.2) is 18.6 Å². The molecule has 2 fully saturated rings. The lowest BCUT2D eigenvalue weighted by molar-refractivity contribution is -0.143. The van der Waals surface area contributed by atoms with Crippen LogP contribution in [0, 0.1) is 11.8 Å². The summed E-state index contributed by atoms with van der Waals surface area (Å²) in [6.45, 7) is 0.198. The molecule has 3 nitrogen and oxygen atoms in total. The van der Waals surface area contributed by atoms with Gasteiger partial charge in [-0.05, 0) is 25.2 Å². The van der Waals surface area contributed by atoms with Gasteiger partial charge in [-0.1, -0.05) is 0 Å². The molecule has 0 spiro atoms. The maximum atomic E-state index is 11.0. The average Bonchev–Trinajstić information content (AvgIpc) is 2.26. The second kappa shape index (κ2) is 2.48. The van der Waals surface area contributed by atoms with Crippen molar-refractivity contribution in [2.24, 2.45) is 11.8 Å². The minimum absolute atomic E-state index is 0.0500. The van der Waals surface area contributed by atoms with Crippen molar-refractivity contribution in [1.29, 1.82) is 0 Å². The zero-order chi connectivity index (χ0) is 7.84. The van der Waals surface area contributed by atoms with Crippen LogP contribution in [0.3, 0.4) is 0 Å². The van der Waals surface area contributed by atoms with Crippen LogP contribution >= 0.6 is 0 Å². The van der Waals surface area contributed by atoms with Crippen LogP contribution in [0.2, 0.25) is 0 Å². The Morgan fingerprint density at radius 1 is 1.45 bits per heavy atom. The lowest BCUT2D eigenvalue weighted by Gasteiger charge is -2.21. The molecule has 2 bridgehead atoms. The van der Waals surface area contributed by atoms with Gasteiger partial charge in [0.25, 0.3) is 0 Å². The maximum Gasteiger partial charge on any atom is 0.309 e. The van der Waals surface area contributed by atoms with Gasteiger partial charge < -0.3 is 4.74 Å². The van der Waals surface area contributed by atoms with Crippen LogP contribution in [0.1, 0.15) is 19.3 Å². The molecule has 1 heterocycles. The van der Waals surface area contributed by atoms with Crippen molar-refractivity contribution < 1.29 is 9.53 Å². The molecule has 0 N–H and O–H groups in total. The van der Waals surface area contributed by atoms with Gasteiger partial charge in [-0.25, -0.2) is 0 Å². The number of carbonyl (C=O) groups excluding carboxylic acids is 1. The molecular weight excluding hydrogens is 142 g/mol. The highest BCUT2D eigenvalue weighted by Gasteiger charge is 2.41.